The Morgan fingerprint density at radius 3 is 2.13 bits per heavy atom. The fourth-order valence-corrected chi connectivity index (χ4v) is 13.3. The predicted octanol–water partition coefficient (Wildman–Crippen LogP) is 5.90. The standard InChI is InChI=1S/C49H60N4O6Si/c1-7-49(6)47(58)51-41(33-35-29-30-36-20-17-18-21-37(36)32-35)46(57)53-31-19-27-42(53)45(56)50-40(44(55)52-49)26-15-10-16-28-43(54)34(2)59-60(48(3,4)5,38-22-11-8-12-23-38)39-24-13-9-14-25-39/h8-9,11-14,16-18,20-25,28-30,32,34,40-42H,7,10,15,19,26-27,31,33H2,1-6H3,(H,50,56)(H,51,58)(H,52,55)/b28-16+/t34-,40-,41-,42+,49-/m0/s1. The van der Waals surface area contributed by atoms with E-state index < -0.39 is 55.8 Å². The zero-order chi connectivity index (χ0) is 43.1. The lowest BCUT2D eigenvalue weighted by Gasteiger charge is -2.44. The monoisotopic (exact) mass is 828 g/mol. The molecule has 10 nitrogen and oxygen atoms in total. The molecule has 2 fully saturated rings. The van der Waals surface area contributed by atoms with Gasteiger partial charge in [0.15, 0.2) is 5.78 Å². The molecule has 2 heterocycles. The third-order valence-electron chi connectivity index (χ3n) is 12.3. The maximum Gasteiger partial charge on any atom is 0.262 e. The highest BCUT2D eigenvalue weighted by atomic mass is 28.4. The Balaban J connectivity index is 1.15. The molecule has 0 radical (unpaired) electrons. The molecule has 0 bridgehead atoms. The highest BCUT2D eigenvalue weighted by Crippen LogP contribution is 2.37. The van der Waals surface area contributed by atoms with Crippen molar-refractivity contribution in [3.05, 3.63) is 121 Å². The summed E-state index contributed by atoms with van der Waals surface area (Å²) in [5.41, 5.74) is -0.474. The van der Waals surface area contributed by atoms with Crippen molar-refractivity contribution in [3.8, 4) is 0 Å². The van der Waals surface area contributed by atoms with Gasteiger partial charge in [0.1, 0.15) is 29.8 Å². The number of hydrogen-bond acceptors (Lipinski definition) is 6. The molecule has 2 aliphatic rings. The van der Waals surface area contributed by atoms with Crippen LogP contribution in [0.25, 0.3) is 10.8 Å². The molecule has 316 valence electrons. The molecule has 3 N–H and O–H groups in total. The number of carbonyl (C=O) groups is 5. The molecule has 4 aromatic carbocycles. The van der Waals surface area contributed by atoms with Crippen LogP contribution in [0.15, 0.2) is 115 Å². The molecule has 0 saturated carbocycles. The van der Waals surface area contributed by atoms with Gasteiger partial charge in [-0.25, -0.2) is 0 Å². The summed E-state index contributed by atoms with van der Waals surface area (Å²) in [6.45, 7) is 12.1. The Hall–Kier alpha value is -5.39. The molecule has 4 amide bonds. The maximum atomic E-state index is 14.3. The summed E-state index contributed by atoms with van der Waals surface area (Å²) < 4.78 is 6.99. The zero-order valence-electron chi connectivity index (χ0n) is 35.8. The number of allylic oxidation sites excluding steroid dienone is 1. The molecule has 0 unspecified atom stereocenters. The van der Waals surface area contributed by atoms with E-state index in [0.29, 0.717) is 32.2 Å². The Labute approximate surface area is 355 Å². The summed E-state index contributed by atoms with van der Waals surface area (Å²) in [4.78, 5) is 71.4. The number of nitrogens with zero attached hydrogens (tertiary/aromatic N) is 1. The van der Waals surface area contributed by atoms with Gasteiger partial charge in [-0.1, -0.05) is 137 Å². The highest BCUT2D eigenvalue weighted by Gasteiger charge is 2.51. The first-order chi connectivity index (χ1) is 28.7. The third-order valence-corrected chi connectivity index (χ3v) is 17.4. The van der Waals surface area contributed by atoms with E-state index in [1.54, 1.807) is 37.8 Å². The molecular weight excluding hydrogens is 769 g/mol. The van der Waals surface area contributed by atoms with E-state index in [-0.39, 0.29) is 36.0 Å². The van der Waals surface area contributed by atoms with E-state index in [1.165, 1.54) is 0 Å². The summed E-state index contributed by atoms with van der Waals surface area (Å²) in [5.74, 6) is -1.81. The quantitative estimate of drug-likeness (QED) is 0.0874. The molecule has 60 heavy (non-hydrogen) atoms. The number of benzene rings is 4. The second-order valence-corrected chi connectivity index (χ2v) is 21.7. The van der Waals surface area contributed by atoms with Gasteiger partial charge in [-0.05, 0) is 90.2 Å². The number of rotatable bonds is 13. The summed E-state index contributed by atoms with van der Waals surface area (Å²) in [7, 11) is -2.95. The largest absolute Gasteiger partial charge is 0.397 e. The van der Waals surface area contributed by atoms with E-state index in [2.05, 4.69) is 61.0 Å². The lowest BCUT2D eigenvalue weighted by atomic mass is 9.94. The van der Waals surface area contributed by atoms with Crippen molar-refractivity contribution in [2.75, 3.05) is 6.54 Å². The van der Waals surface area contributed by atoms with Crippen molar-refractivity contribution in [1.82, 2.24) is 20.9 Å². The molecule has 0 aromatic heterocycles. The third kappa shape index (κ3) is 9.63. The first-order valence-corrected chi connectivity index (χ1v) is 23.3. The molecular formula is C49H60N4O6Si. The first-order valence-electron chi connectivity index (χ1n) is 21.4. The van der Waals surface area contributed by atoms with Crippen LogP contribution in [0, 0.1) is 0 Å². The van der Waals surface area contributed by atoms with Crippen LogP contribution in [0.5, 0.6) is 0 Å². The van der Waals surface area contributed by atoms with Crippen LogP contribution in [0.3, 0.4) is 0 Å². The highest BCUT2D eigenvalue weighted by molar-refractivity contribution is 6.99. The molecule has 5 atom stereocenters. The van der Waals surface area contributed by atoms with Gasteiger partial charge in [-0.15, -0.1) is 0 Å². The van der Waals surface area contributed by atoms with Crippen LogP contribution < -0.4 is 26.3 Å². The second-order valence-electron chi connectivity index (χ2n) is 17.5. The topological polar surface area (TPSA) is 134 Å². The summed E-state index contributed by atoms with van der Waals surface area (Å²) in [5, 5.41) is 12.8. The molecule has 0 spiro atoms. The summed E-state index contributed by atoms with van der Waals surface area (Å²) in [6.07, 6.45) is 5.40. The number of amides is 4. The van der Waals surface area contributed by atoms with Crippen LogP contribution in [0.1, 0.15) is 85.6 Å². The van der Waals surface area contributed by atoms with Crippen molar-refractivity contribution in [2.24, 2.45) is 0 Å². The lowest BCUT2D eigenvalue weighted by molar-refractivity contribution is -0.144. The number of ketones is 1. The normalized spacial score (nSPS) is 22.4. The number of fused-ring (bicyclic) bond motifs is 2. The SMILES string of the molecule is CC[C@]1(C)NC(=O)[C@H](CCC/C=C/C(=O)[C@H](C)O[Si](c2ccccc2)(c2ccccc2)C(C)(C)C)NC(=O)[C@H]2CCCN2C(=O)[C@H](Cc2ccc3ccccc3c2)NC1=O. The van der Waals surface area contributed by atoms with Crippen molar-refractivity contribution in [3.63, 3.8) is 0 Å². The molecule has 2 saturated heterocycles. The predicted molar refractivity (Wildman–Crippen MR) is 239 cm³/mol. The van der Waals surface area contributed by atoms with Gasteiger partial charge in [0.2, 0.25) is 23.6 Å². The molecule has 6 rings (SSSR count). The average Bonchev–Trinajstić information content (AvgIpc) is 3.74. The van der Waals surface area contributed by atoms with E-state index in [0.717, 1.165) is 26.7 Å². The number of nitrogens with one attached hydrogen (secondary N) is 3. The molecule has 4 aromatic rings. The van der Waals surface area contributed by atoms with E-state index in [9.17, 15) is 24.0 Å². The molecule has 0 aliphatic carbocycles. The Morgan fingerprint density at radius 2 is 1.50 bits per heavy atom. The van der Waals surface area contributed by atoms with Crippen LogP contribution in [0.4, 0.5) is 0 Å². The molecule has 11 heteroatoms. The van der Waals surface area contributed by atoms with Crippen LogP contribution in [-0.2, 0) is 34.8 Å². The van der Waals surface area contributed by atoms with Gasteiger partial charge in [-0.3, -0.25) is 24.0 Å². The van der Waals surface area contributed by atoms with Crippen molar-refractivity contribution in [1.29, 1.82) is 0 Å². The van der Waals surface area contributed by atoms with Crippen molar-refractivity contribution in [2.45, 2.75) is 121 Å². The zero-order valence-corrected chi connectivity index (χ0v) is 36.8. The minimum absolute atomic E-state index is 0.158. The fourth-order valence-electron chi connectivity index (χ4n) is 8.61. The van der Waals surface area contributed by atoms with Crippen molar-refractivity contribution < 1.29 is 28.4 Å². The van der Waals surface area contributed by atoms with Gasteiger partial charge >= 0.3 is 0 Å². The van der Waals surface area contributed by atoms with E-state index >= 15 is 0 Å². The Bertz CT molecular complexity index is 2170. The van der Waals surface area contributed by atoms with Gasteiger partial charge in [0.05, 0.1) is 0 Å². The summed E-state index contributed by atoms with van der Waals surface area (Å²) in [6, 6.07) is 31.6. The van der Waals surface area contributed by atoms with Crippen LogP contribution in [-0.4, -0.2) is 78.9 Å². The number of hydrogen-bond donors (Lipinski definition) is 3. The van der Waals surface area contributed by atoms with Gasteiger partial charge < -0.3 is 25.3 Å². The van der Waals surface area contributed by atoms with Gasteiger partial charge in [0, 0.05) is 13.0 Å². The molecule has 2 aliphatic heterocycles. The summed E-state index contributed by atoms with van der Waals surface area (Å²) >= 11 is 0. The van der Waals surface area contributed by atoms with Crippen LogP contribution >= 0.6 is 0 Å². The number of carbonyl (C=O) groups excluding carboxylic acids is 5. The fraction of sp³-hybridized carbons (Fsp3) is 0.408. The van der Waals surface area contributed by atoms with E-state index in [4.69, 9.17) is 4.43 Å². The first kappa shape index (κ1) is 44.2. The van der Waals surface area contributed by atoms with Crippen molar-refractivity contribution >= 4 is 58.9 Å². The minimum atomic E-state index is -2.95. The van der Waals surface area contributed by atoms with Gasteiger partial charge in [-0.2, -0.15) is 0 Å². The lowest BCUT2D eigenvalue weighted by Crippen LogP contribution is -2.68. The minimum Gasteiger partial charge on any atom is -0.397 e. The Kier molecular flexibility index (Phi) is 13.9. The smallest absolute Gasteiger partial charge is 0.262 e. The second kappa shape index (κ2) is 18.9. The van der Waals surface area contributed by atoms with Gasteiger partial charge in [0.25, 0.3) is 8.32 Å². The average molecular weight is 829 g/mol. The number of unbranched alkanes of at least 4 members (excludes halogenated alkanes) is 1. The maximum absolute atomic E-state index is 14.3. The Morgan fingerprint density at radius 1 is 0.867 bits per heavy atom. The van der Waals surface area contributed by atoms with Crippen LogP contribution in [0.2, 0.25) is 5.04 Å². The van der Waals surface area contributed by atoms with E-state index in [1.807, 2.05) is 78.9 Å².